The smallest absolute Gasteiger partial charge is 0.223 e. The molecular weight excluding hydrogens is 298 g/mol. The van der Waals surface area contributed by atoms with Crippen molar-refractivity contribution in [2.45, 2.75) is 12.8 Å². The van der Waals surface area contributed by atoms with E-state index in [1.807, 2.05) is 23.1 Å². The number of β-amino-alcohol motifs (C(OH)–C–C–N with tert-alkyl or cyclic N) is 1. The van der Waals surface area contributed by atoms with Crippen molar-refractivity contribution in [2.24, 2.45) is 0 Å². The zero-order valence-corrected chi connectivity index (χ0v) is 13.4. The monoisotopic (exact) mass is 319 g/mol. The van der Waals surface area contributed by atoms with Gasteiger partial charge in [0.15, 0.2) is 0 Å². The highest BCUT2D eigenvalue weighted by Gasteiger charge is 2.20. The van der Waals surface area contributed by atoms with E-state index in [4.69, 9.17) is 5.11 Å². The zero-order chi connectivity index (χ0) is 15.4. The molecule has 0 aliphatic carbocycles. The van der Waals surface area contributed by atoms with Crippen molar-refractivity contribution >= 4 is 27.5 Å². The number of carbonyl (C=O) groups excluding carboxylic acids is 1. The molecule has 1 aliphatic rings. The van der Waals surface area contributed by atoms with Crippen LogP contribution >= 0.6 is 11.3 Å². The summed E-state index contributed by atoms with van der Waals surface area (Å²) in [7, 11) is 0. The van der Waals surface area contributed by atoms with E-state index in [1.165, 1.54) is 4.70 Å². The number of fused-ring (bicyclic) bond motifs is 1. The largest absolute Gasteiger partial charge is 0.395 e. The lowest BCUT2D eigenvalue weighted by Gasteiger charge is -2.34. The normalized spacial score (nSPS) is 16.3. The molecule has 1 aliphatic heterocycles. The molecule has 1 amide bonds. The molecule has 0 unspecified atom stereocenters. The number of hydrogen-bond donors (Lipinski definition) is 1. The van der Waals surface area contributed by atoms with Gasteiger partial charge in [0.1, 0.15) is 0 Å². The van der Waals surface area contributed by atoms with Crippen molar-refractivity contribution in [1.29, 1.82) is 0 Å². The van der Waals surface area contributed by atoms with Gasteiger partial charge < -0.3 is 10.0 Å². The van der Waals surface area contributed by atoms with Gasteiger partial charge in [-0.15, -0.1) is 11.3 Å². The van der Waals surface area contributed by atoms with Gasteiger partial charge in [0.2, 0.25) is 5.91 Å². The molecule has 3 rings (SSSR count). The molecule has 0 spiro atoms. The number of amides is 1. The minimum atomic E-state index is 0.186. The Balaban J connectivity index is 1.50. The molecule has 118 valence electrons. The molecule has 0 atom stereocenters. The molecule has 1 aromatic heterocycles. The highest BCUT2D eigenvalue weighted by Crippen LogP contribution is 2.22. The van der Waals surface area contributed by atoms with E-state index in [0.29, 0.717) is 13.0 Å². The van der Waals surface area contributed by atoms with Crippen molar-refractivity contribution in [3.63, 3.8) is 0 Å². The van der Waals surface area contributed by atoms with E-state index in [-0.39, 0.29) is 12.5 Å². The van der Waals surface area contributed by atoms with Crippen LogP contribution in [-0.4, -0.2) is 65.1 Å². The number of thiazole rings is 1. The summed E-state index contributed by atoms with van der Waals surface area (Å²) < 4.78 is 1.18. The van der Waals surface area contributed by atoms with Crippen LogP contribution in [0.5, 0.6) is 0 Å². The van der Waals surface area contributed by atoms with Crippen LogP contribution in [-0.2, 0) is 11.2 Å². The average Bonchev–Trinajstić information content (AvgIpc) is 2.96. The molecule has 1 saturated heterocycles. The fourth-order valence-corrected chi connectivity index (χ4v) is 3.73. The third kappa shape index (κ3) is 3.63. The molecule has 22 heavy (non-hydrogen) atoms. The zero-order valence-electron chi connectivity index (χ0n) is 12.6. The molecule has 1 N–H and O–H groups in total. The summed E-state index contributed by atoms with van der Waals surface area (Å²) in [4.78, 5) is 21.0. The maximum Gasteiger partial charge on any atom is 0.223 e. The quantitative estimate of drug-likeness (QED) is 0.904. The molecule has 1 fully saturated rings. The van der Waals surface area contributed by atoms with E-state index in [0.717, 1.165) is 43.1 Å². The summed E-state index contributed by atoms with van der Waals surface area (Å²) >= 11 is 1.68. The van der Waals surface area contributed by atoms with Crippen LogP contribution in [0.25, 0.3) is 10.2 Å². The van der Waals surface area contributed by atoms with Gasteiger partial charge in [-0.3, -0.25) is 9.69 Å². The number of aliphatic hydroxyl groups excluding tert-OH is 1. The minimum Gasteiger partial charge on any atom is -0.395 e. The Morgan fingerprint density at radius 1 is 1.23 bits per heavy atom. The molecule has 2 aromatic rings. The van der Waals surface area contributed by atoms with E-state index in [2.05, 4.69) is 16.0 Å². The Morgan fingerprint density at radius 3 is 2.73 bits per heavy atom. The second-order valence-corrected chi connectivity index (χ2v) is 6.64. The topological polar surface area (TPSA) is 56.7 Å². The van der Waals surface area contributed by atoms with Gasteiger partial charge >= 0.3 is 0 Å². The summed E-state index contributed by atoms with van der Waals surface area (Å²) in [6, 6.07) is 8.08. The Kier molecular flexibility index (Phi) is 5.02. The predicted molar refractivity (Wildman–Crippen MR) is 88.0 cm³/mol. The highest BCUT2D eigenvalue weighted by molar-refractivity contribution is 7.18. The fraction of sp³-hybridized carbons (Fsp3) is 0.500. The number of aromatic nitrogens is 1. The summed E-state index contributed by atoms with van der Waals surface area (Å²) in [6.45, 7) is 4.12. The molecule has 0 radical (unpaired) electrons. The Bertz CT molecular complexity index is 602. The highest BCUT2D eigenvalue weighted by atomic mass is 32.1. The van der Waals surface area contributed by atoms with Crippen LogP contribution in [0, 0.1) is 0 Å². The van der Waals surface area contributed by atoms with Crippen molar-refractivity contribution in [3.8, 4) is 0 Å². The Labute approximate surface area is 134 Å². The molecule has 0 saturated carbocycles. The van der Waals surface area contributed by atoms with Crippen LogP contribution in [0.3, 0.4) is 0 Å². The number of aryl methyl sites for hydroxylation is 1. The first-order chi connectivity index (χ1) is 10.8. The van der Waals surface area contributed by atoms with Gasteiger partial charge in [-0.2, -0.15) is 0 Å². The van der Waals surface area contributed by atoms with Gasteiger partial charge in [-0.25, -0.2) is 4.98 Å². The van der Waals surface area contributed by atoms with E-state index in [1.54, 1.807) is 11.3 Å². The number of nitrogens with zero attached hydrogens (tertiary/aromatic N) is 3. The van der Waals surface area contributed by atoms with E-state index >= 15 is 0 Å². The first-order valence-corrected chi connectivity index (χ1v) is 8.53. The standard InChI is InChI=1S/C16H21N3O2S/c20-12-11-18-7-9-19(10-8-18)16(21)6-5-15-17-13-3-1-2-4-14(13)22-15/h1-4,20H,5-12H2. The van der Waals surface area contributed by atoms with Gasteiger partial charge in [-0.05, 0) is 12.1 Å². The van der Waals surface area contributed by atoms with Crippen LogP contribution < -0.4 is 0 Å². The van der Waals surface area contributed by atoms with Crippen molar-refractivity contribution in [3.05, 3.63) is 29.3 Å². The Morgan fingerprint density at radius 2 is 2.00 bits per heavy atom. The number of para-hydroxylation sites is 1. The third-order valence-corrected chi connectivity index (χ3v) is 5.13. The summed E-state index contributed by atoms with van der Waals surface area (Å²) in [5, 5.41) is 9.97. The van der Waals surface area contributed by atoms with Gasteiger partial charge in [0.05, 0.1) is 21.8 Å². The maximum absolute atomic E-state index is 12.3. The lowest BCUT2D eigenvalue weighted by Crippen LogP contribution is -2.49. The number of carbonyl (C=O) groups is 1. The molecule has 2 heterocycles. The number of benzene rings is 1. The van der Waals surface area contributed by atoms with E-state index in [9.17, 15) is 4.79 Å². The predicted octanol–water partition coefficient (Wildman–Crippen LogP) is 1.37. The fourth-order valence-electron chi connectivity index (χ4n) is 2.76. The third-order valence-electron chi connectivity index (χ3n) is 4.03. The van der Waals surface area contributed by atoms with Gasteiger partial charge in [0, 0.05) is 45.6 Å². The maximum atomic E-state index is 12.3. The summed E-state index contributed by atoms with van der Waals surface area (Å²) in [6.07, 6.45) is 1.24. The van der Waals surface area contributed by atoms with Gasteiger partial charge in [0.25, 0.3) is 0 Å². The SMILES string of the molecule is O=C(CCc1nc2ccccc2s1)N1CCN(CCO)CC1. The molecule has 6 heteroatoms. The second-order valence-electron chi connectivity index (χ2n) is 5.52. The van der Waals surface area contributed by atoms with Crippen LogP contribution in [0.1, 0.15) is 11.4 Å². The van der Waals surface area contributed by atoms with Crippen LogP contribution in [0.2, 0.25) is 0 Å². The molecule has 1 aromatic carbocycles. The lowest BCUT2D eigenvalue weighted by atomic mass is 10.2. The van der Waals surface area contributed by atoms with Gasteiger partial charge in [-0.1, -0.05) is 12.1 Å². The van der Waals surface area contributed by atoms with Crippen LogP contribution in [0.4, 0.5) is 0 Å². The molecule has 0 bridgehead atoms. The number of aliphatic hydroxyl groups is 1. The minimum absolute atomic E-state index is 0.186. The lowest BCUT2D eigenvalue weighted by molar-refractivity contribution is -0.132. The molecular formula is C16H21N3O2S. The first kappa shape index (κ1) is 15.4. The Hall–Kier alpha value is -1.50. The van der Waals surface area contributed by atoms with Crippen molar-refractivity contribution in [1.82, 2.24) is 14.8 Å². The first-order valence-electron chi connectivity index (χ1n) is 7.72. The van der Waals surface area contributed by atoms with Crippen LogP contribution in [0.15, 0.2) is 24.3 Å². The second kappa shape index (κ2) is 7.17. The van der Waals surface area contributed by atoms with Crippen molar-refractivity contribution < 1.29 is 9.90 Å². The number of piperazine rings is 1. The summed E-state index contributed by atoms with van der Waals surface area (Å²) in [5.74, 6) is 0.211. The van der Waals surface area contributed by atoms with E-state index < -0.39 is 0 Å². The van der Waals surface area contributed by atoms with Crippen molar-refractivity contribution in [2.75, 3.05) is 39.3 Å². The molecule has 5 nitrogen and oxygen atoms in total. The average molecular weight is 319 g/mol. The number of hydrogen-bond acceptors (Lipinski definition) is 5. The number of rotatable bonds is 5. The summed E-state index contributed by atoms with van der Waals surface area (Å²) in [5.41, 5.74) is 1.02.